The monoisotopic (exact) mass is 273 g/mol. The SMILES string of the molecule is Cc1oc(-c2ccccc2)nc1CNC(=O)NC(C)C. The van der Waals surface area contributed by atoms with Crippen LogP contribution in [0.15, 0.2) is 34.7 Å². The van der Waals surface area contributed by atoms with Crippen LogP contribution in [0.4, 0.5) is 4.79 Å². The van der Waals surface area contributed by atoms with Crippen LogP contribution in [0, 0.1) is 6.92 Å². The molecule has 2 N–H and O–H groups in total. The Kier molecular flexibility index (Phi) is 4.40. The van der Waals surface area contributed by atoms with Crippen molar-refractivity contribution < 1.29 is 9.21 Å². The molecule has 0 bridgehead atoms. The lowest BCUT2D eigenvalue weighted by Gasteiger charge is -2.08. The van der Waals surface area contributed by atoms with Crippen LogP contribution >= 0.6 is 0 Å². The van der Waals surface area contributed by atoms with Crippen molar-refractivity contribution in [2.24, 2.45) is 0 Å². The number of urea groups is 1. The maximum atomic E-state index is 11.5. The van der Waals surface area contributed by atoms with E-state index < -0.39 is 0 Å². The summed E-state index contributed by atoms with van der Waals surface area (Å²) >= 11 is 0. The highest BCUT2D eigenvalue weighted by atomic mass is 16.4. The van der Waals surface area contributed by atoms with Gasteiger partial charge in [0.1, 0.15) is 11.5 Å². The Labute approximate surface area is 118 Å². The summed E-state index contributed by atoms with van der Waals surface area (Å²) in [5, 5.41) is 5.53. The molecule has 106 valence electrons. The Morgan fingerprint density at radius 2 is 2.00 bits per heavy atom. The Balaban J connectivity index is 2.03. The third-order valence-electron chi connectivity index (χ3n) is 2.75. The van der Waals surface area contributed by atoms with Gasteiger partial charge in [0.2, 0.25) is 5.89 Å². The third kappa shape index (κ3) is 3.60. The molecule has 2 aromatic rings. The van der Waals surface area contributed by atoms with E-state index in [9.17, 15) is 4.79 Å². The van der Waals surface area contributed by atoms with Gasteiger partial charge in [-0.2, -0.15) is 0 Å². The van der Waals surface area contributed by atoms with Crippen molar-refractivity contribution in [1.29, 1.82) is 0 Å². The summed E-state index contributed by atoms with van der Waals surface area (Å²) in [7, 11) is 0. The van der Waals surface area contributed by atoms with Gasteiger partial charge in [0.15, 0.2) is 0 Å². The Morgan fingerprint density at radius 1 is 1.30 bits per heavy atom. The fraction of sp³-hybridized carbons (Fsp3) is 0.333. The molecule has 0 unspecified atom stereocenters. The van der Waals surface area contributed by atoms with Crippen LogP contribution in [0.25, 0.3) is 11.5 Å². The summed E-state index contributed by atoms with van der Waals surface area (Å²) in [6, 6.07) is 9.59. The quantitative estimate of drug-likeness (QED) is 0.900. The van der Waals surface area contributed by atoms with E-state index in [4.69, 9.17) is 4.42 Å². The van der Waals surface area contributed by atoms with Crippen LogP contribution in [0.3, 0.4) is 0 Å². The first-order valence-electron chi connectivity index (χ1n) is 6.62. The molecular formula is C15H19N3O2. The molecule has 0 spiro atoms. The minimum absolute atomic E-state index is 0.105. The molecule has 5 nitrogen and oxygen atoms in total. The summed E-state index contributed by atoms with van der Waals surface area (Å²) in [5.41, 5.74) is 1.66. The first kappa shape index (κ1) is 14.1. The van der Waals surface area contributed by atoms with Crippen molar-refractivity contribution in [2.75, 3.05) is 0 Å². The van der Waals surface area contributed by atoms with Gasteiger partial charge in [-0.15, -0.1) is 0 Å². The lowest BCUT2D eigenvalue weighted by atomic mass is 10.2. The third-order valence-corrected chi connectivity index (χ3v) is 2.75. The first-order valence-corrected chi connectivity index (χ1v) is 6.62. The van der Waals surface area contributed by atoms with Crippen molar-refractivity contribution in [2.45, 2.75) is 33.4 Å². The number of nitrogens with one attached hydrogen (secondary N) is 2. The van der Waals surface area contributed by atoms with Crippen LogP contribution in [-0.2, 0) is 6.54 Å². The minimum Gasteiger partial charge on any atom is -0.441 e. The molecule has 2 rings (SSSR count). The molecule has 0 fully saturated rings. The molecule has 5 heteroatoms. The lowest BCUT2D eigenvalue weighted by molar-refractivity contribution is 0.238. The van der Waals surface area contributed by atoms with Crippen molar-refractivity contribution >= 4 is 6.03 Å². The van der Waals surface area contributed by atoms with E-state index in [0.717, 1.165) is 11.3 Å². The van der Waals surface area contributed by atoms with Crippen molar-refractivity contribution in [3.63, 3.8) is 0 Å². The Hall–Kier alpha value is -2.30. The van der Waals surface area contributed by atoms with Gasteiger partial charge in [-0.25, -0.2) is 9.78 Å². The van der Waals surface area contributed by atoms with Crippen LogP contribution in [-0.4, -0.2) is 17.1 Å². The molecule has 0 aliphatic rings. The molecule has 2 amide bonds. The van der Waals surface area contributed by atoms with E-state index in [2.05, 4.69) is 15.6 Å². The Bertz CT molecular complexity index is 576. The standard InChI is InChI=1S/C15H19N3O2/c1-10(2)17-15(19)16-9-13-11(3)20-14(18-13)12-7-5-4-6-8-12/h4-8,10H,9H2,1-3H3,(H2,16,17,19). The summed E-state index contributed by atoms with van der Waals surface area (Å²) in [5.74, 6) is 1.29. The number of oxazole rings is 1. The highest BCUT2D eigenvalue weighted by molar-refractivity contribution is 5.74. The minimum atomic E-state index is -0.205. The maximum Gasteiger partial charge on any atom is 0.315 e. The van der Waals surface area contributed by atoms with E-state index in [1.807, 2.05) is 51.1 Å². The summed E-state index contributed by atoms with van der Waals surface area (Å²) in [4.78, 5) is 16.0. The molecule has 0 saturated carbocycles. The number of hydrogen-bond acceptors (Lipinski definition) is 3. The second kappa shape index (κ2) is 6.23. The largest absolute Gasteiger partial charge is 0.441 e. The second-order valence-electron chi connectivity index (χ2n) is 4.87. The second-order valence-corrected chi connectivity index (χ2v) is 4.87. The smallest absolute Gasteiger partial charge is 0.315 e. The molecule has 0 radical (unpaired) electrons. The van der Waals surface area contributed by atoms with Crippen LogP contribution < -0.4 is 10.6 Å². The first-order chi connectivity index (χ1) is 9.56. The molecule has 1 heterocycles. The van der Waals surface area contributed by atoms with Crippen LogP contribution in [0.1, 0.15) is 25.3 Å². The number of benzene rings is 1. The molecule has 1 aromatic carbocycles. The van der Waals surface area contributed by atoms with Crippen molar-refractivity contribution in [1.82, 2.24) is 15.6 Å². The number of rotatable bonds is 4. The zero-order valence-corrected chi connectivity index (χ0v) is 11.9. The highest BCUT2D eigenvalue weighted by Gasteiger charge is 2.12. The molecule has 1 aromatic heterocycles. The maximum absolute atomic E-state index is 11.5. The van der Waals surface area contributed by atoms with E-state index in [1.165, 1.54) is 0 Å². The normalized spacial score (nSPS) is 10.6. The molecule has 0 aliphatic heterocycles. The number of aryl methyl sites for hydroxylation is 1. The van der Waals surface area contributed by atoms with E-state index in [0.29, 0.717) is 18.2 Å². The Morgan fingerprint density at radius 3 is 2.65 bits per heavy atom. The average Bonchev–Trinajstić information content (AvgIpc) is 2.78. The number of aromatic nitrogens is 1. The molecule has 0 aliphatic carbocycles. The summed E-state index contributed by atoms with van der Waals surface area (Å²) in [6.07, 6.45) is 0. The van der Waals surface area contributed by atoms with Gasteiger partial charge in [0, 0.05) is 11.6 Å². The van der Waals surface area contributed by atoms with E-state index >= 15 is 0 Å². The fourth-order valence-corrected chi connectivity index (χ4v) is 1.77. The molecule has 0 atom stereocenters. The van der Waals surface area contributed by atoms with Crippen LogP contribution in [0.2, 0.25) is 0 Å². The zero-order valence-electron chi connectivity index (χ0n) is 11.9. The molecular weight excluding hydrogens is 254 g/mol. The number of carbonyl (C=O) groups excluding carboxylic acids is 1. The average molecular weight is 273 g/mol. The number of amides is 2. The van der Waals surface area contributed by atoms with E-state index in [-0.39, 0.29) is 12.1 Å². The van der Waals surface area contributed by atoms with Gasteiger partial charge >= 0.3 is 6.03 Å². The van der Waals surface area contributed by atoms with Gasteiger partial charge in [0.25, 0.3) is 0 Å². The van der Waals surface area contributed by atoms with E-state index in [1.54, 1.807) is 0 Å². The lowest BCUT2D eigenvalue weighted by Crippen LogP contribution is -2.39. The predicted octanol–water partition coefficient (Wildman–Crippen LogP) is 2.86. The van der Waals surface area contributed by atoms with Gasteiger partial charge < -0.3 is 15.1 Å². The predicted molar refractivity (Wildman–Crippen MR) is 77.2 cm³/mol. The van der Waals surface area contributed by atoms with Gasteiger partial charge in [-0.3, -0.25) is 0 Å². The van der Waals surface area contributed by atoms with Gasteiger partial charge in [0.05, 0.1) is 6.54 Å². The van der Waals surface area contributed by atoms with Crippen LogP contribution in [0.5, 0.6) is 0 Å². The van der Waals surface area contributed by atoms with Gasteiger partial charge in [-0.1, -0.05) is 18.2 Å². The number of carbonyl (C=O) groups is 1. The number of hydrogen-bond donors (Lipinski definition) is 2. The zero-order chi connectivity index (χ0) is 14.5. The van der Waals surface area contributed by atoms with Crippen molar-refractivity contribution in [3.8, 4) is 11.5 Å². The molecule has 20 heavy (non-hydrogen) atoms. The fourth-order valence-electron chi connectivity index (χ4n) is 1.77. The van der Waals surface area contributed by atoms with Gasteiger partial charge in [-0.05, 0) is 32.9 Å². The molecule has 0 saturated heterocycles. The number of nitrogens with zero attached hydrogens (tertiary/aromatic N) is 1. The highest BCUT2D eigenvalue weighted by Crippen LogP contribution is 2.21. The topological polar surface area (TPSA) is 67.2 Å². The summed E-state index contributed by atoms with van der Waals surface area (Å²) < 4.78 is 5.63. The van der Waals surface area contributed by atoms with Crippen molar-refractivity contribution in [3.05, 3.63) is 41.8 Å². The summed E-state index contributed by atoms with van der Waals surface area (Å²) in [6.45, 7) is 6.01.